The Morgan fingerprint density at radius 1 is 1.44 bits per heavy atom. The largest absolute Gasteiger partial charge is 0.399 e. The van der Waals surface area contributed by atoms with Crippen LogP contribution in [0.15, 0.2) is 12.1 Å². The summed E-state index contributed by atoms with van der Waals surface area (Å²) in [6, 6.07) is 2.62. The van der Waals surface area contributed by atoms with Crippen molar-refractivity contribution >= 4 is 17.5 Å². The SMILES string of the molecule is Cc1cc(N)cc(C(=O)NCC(N)=O)c1F. The zero-order valence-electron chi connectivity index (χ0n) is 8.71. The van der Waals surface area contributed by atoms with E-state index in [0.29, 0.717) is 0 Å². The molecule has 0 heterocycles. The van der Waals surface area contributed by atoms with E-state index in [0.717, 1.165) is 0 Å². The number of hydrogen-bond donors (Lipinski definition) is 3. The van der Waals surface area contributed by atoms with Gasteiger partial charge in [0.25, 0.3) is 5.91 Å². The normalized spacial score (nSPS) is 9.88. The number of anilines is 1. The lowest BCUT2D eigenvalue weighted by molar-refractivity contribution is -0.117. The Balaban J connectivity index is 2.95. The second-order valence-corrected chi connectivity index (χ2v) is 3.35. The highest BCUT2D eigenvalue weighted by Crippen LogP contribution is 2.16. The molecule has 5 nitrogen and oxygen atoms in total. The standard InChI is InChI=1S/C10H12FN3O2/c1-5-2-6(12)3-7(9(5)11)10(16)14-4-8(13)15/h2-3H,4,12H2,1H3,(H2,13,15)(H,14,16). The Labute approximate surface area is 91.6 Å². The van der Waals surface area contributed by atoms with Gasteiger partial charge in [-0.15, -0.1) is 0 Å². The highest BCUT2D eigenvalue weighted by Gasteiger charge is 2.14. The number of benzene rings is 1. The van der Waals surface area contributed by atoms with Gasteiger partial charge in [0.05, 0.1) is 12.1 Å². The number of nitrogens with one attached hydrogen (secondary N) is 1. The molecule has 5 N–H and O–H groups in total. The Bertz CT molecular complexity index is 446. The Hall–Kier alpha value is -2.11. The second kappa shape index (κ2) is 4.61. The summed E-state index contributed by atoms with van der Waals surface area (Å²) in [5, 5.41) is 2.18. The predicted octanol–water partition coefficient (Wildman–Crippen LogP) is -0.0686. The van der Waals surface area contributed by atoms with Crippen molar-refractivity contribution in [3.05, 3.63) is 29.1 Å². The first-order chi connectivity index (χ1) is 7.41. The van der Waals surface area contributed by atoms with Gasteiger partial charge in [-0.1, -0.05) is 0 Å². The number of aryl methyl sites for hydroxylation is 1. The summed E-state index contributed by atoms with van der Waals surface area (Å²) in [5.74, 6) is -2.07. The topological polar surface area (TPSA) is 98.2 Å². The summed E-state index contributed by atoms with van der Waals surface area (Å²) in [6.07, 6.45) is 0. The molecule has 0 aliphatic carbocycles. The van der Waals surface area contributed by atoms with E-state index >= 15 is 0 Å². The summed E-state index contributed by atoms with van der Waals surface area (Å²) in [5.41, 5.74) is 10.7. The van der Waals surface area contributed by atoms with Gasteiger partial charge in [-0.3, -0.25) is 9.59 Å². The number of rotatable bonds is 3. The van der Waals surface area contributed by atoms with E-state index in [1.54, 1.807) is 0 Å². The van der Waals surface area contributed by atoms with Crippen LogP contribution in [-0.4, -0.2) is 18.4 Å². The minimum absolute atomic E-state index is 0.196. The van der Waals surface area contributed by atoms with Crippen LogP contribution >= 0.6 is 0 Å². The molecule has 0 aromatic heterocycles. The molecule has 0 bridgehead atoms. The molecule has 1 rings (SSSR count). The van der Waals surface area contributed by atoms with Crippen molar-refractivity contribution in [3.8, 4) is 0 Å². The van der Waals surface area contributed by atoms with Gasteiger partial charge >= 0.3 is 0 Å². The van der Waals surface area contributed by atoms with Crippen LogP contribution in [0.3, 0.4) is 0 Å². The molecule has 86 valence electrons. The fourth-order valence-corrected chi connectivity index (χ4v) is 1.23. The lowest BCUT2D eigenvalue weighted by Crippen LogP contribution is -2.33. The van der Waals surface area contributed by atoms with Gasteiger partial charge < -0.3 is 16.8 Å². The van der Waals surface area contributed by atoms with E-state index in [1.165, 1.54) is 19.1 Å². The third kappa shape index (κ3) is 2.69. The number of hydrogen-bond acceptors (Lipinski definition) is 3. The van der Waals surface area contributed by atoms with Crippen molar-refractivity contribution in [2.45, 2.75) is 6.92 Å². The maximum Gasteiger partial charge on any atom is 0.254 e. The Morgan fingerprint density at radius 3 is 2.62 bits per heavy atom. The van der Waals surface area contributed by atoms with Crippen LogP contribution in [-0.2, 0) is 4.79 Å². The molecule has 2 amide bonds. The first-order valence-corrected chi connectivity index (χ1v) is 4.54. The van der Waals surface area contributed by atoms with Crippen molar-refractivity contribution in [2.24, 2.45) is 5.73 Å². The highest BCUT2D eigenvalue weighted by molar-refractivity contribution is 5.97. The number of halogens is 1. The smallest absolute Gasteiger partial charge is 0.254 e. The van der Waals surface area contributed by atoms with Crippen LogP contribution in [0.5, 0.6) is 0 Å². The summed E-state index contributed by atoms with van der Waals surface area (Å²) in [4.78, 5) is 21.9. The molecule has 0 atom stereocenters. The first kappa shape index (κ1) is 12.0. The van der Waals surface area contributed by atoms with Gasteiger partial charge in [0.15, 0.2) is 0 Å². The molecular weight excluding hydrogens is 213 g/mol. The quantitative estimate of drug-likeness (QED) is 0.628. The van der Waals surface area contributed by atoms with Gasteiger partial charge in [0.2, 0.25) is 5.91 Å². The van der Waals surface area contributed by atoms with E-state index in [4.69, 9.17) is 11.5 Å². The summed E-state index contributed by atoms with van der Waals surface area (Å²) < 4.78 is 13.5. The van der Waals surface area contributed by atoms with E-state index < -0.39 is 17.6 Å². The van der Waals surface area contributed by atoms with Crippen molar-refractivity contribution in [1.29, 1.82) is 0 Å². The lowest BCUT2D eigenvalue weighted by atomic mass is 10.1. The molecule has 0 saturated heterocycles. The Morgan fingerprint density at radius 2 is 2.06 bits per heavy atom. The minimum atomic E-state index is -0.716. The summed E-state index contributed by atoms with van der Waals surface area (Å²) in [7, 11) is 0. The van der Waals surface area contributed by atoms with E-state index in [9.17, 15) is 14.0 Å². The number of carbonyl (C=O) groups excluding carboxylic acids is 2. The third-order valence-corrected chi connectivity index (χ3v) is 1.94. The van der Waals surface area contributed by atoms with Gasteiger partial charge in [-0.05, 0) is 24.6 Å². The molecule has 0 unspecified atom stereocenters. The number of nitrogen functional groups attached to an aromatic ring is 1. The molecule has 0 spiro atoms. The molecule has 1 aromatic carbocycles. The van der Waals surface area contributed by atoms with E-state index in [1.807, 2.05) is 0 Å². The van der Waals surface area contributed by atoms with Crippen molar-refractivity contribution in [3.63, 3.8) is 0 Å². The van der Waals surface area contributed by atoms with Crippen LogP contribution in [0, 0.1) is 12.7 Å². The fraction of sp³-hybridized carbons (Fsp3) is 0.200. The predicted molar refractivity (Wildman–Crippen MR) is 57.1 cm³/mol. The number of primary amides is 1. The molecule has 16 heavy (non-hydrogen) atoms. The minimum Gasteiger partial charge on any atom is -0.399 e. The van der Waals surface area contributed by atoms with Crippen LogP contribution in [0.1, 0.15) is 15.9 Å². The van der Waals surface area contributed by atoms with Crippen molar-refractivity contribution in [2.75, 3.05) is 12.3 Å². The van der Waals surface area contributed by atoms with Crippen LogP contribution in [0.2, 0.25) is 0 Å². The summed E-state index contributed by atoms with van der Waals surface area (Å²) >= 11 is 0. The second-order valence-electron chi connectivity index (χ2n) is 3.35. The fourth-order valence-electron chi connectivity index (χ4n) is 1.23. The van der Waals surface area contributed by atoms with Crippen LogP contribution < -0.4 is 16.8 Å². The molecule has 6 heteroatoms. The van der Waals surface area contributed by atoms with Crippen LogP contribution in [0.25, 0.3) is 0 Å². The zero-order valence-corrected chi connectivity index (χ0v) is 8.71. The van der Waals surface area contributed by atoms with Crippen LogP contribution in [0.4, 0.5) is 10.1 Å². The van der Waals surface area contributed by atoms with Crippen molar-refractivity contribution < 1.29 is 14.0 Å². The molecule has 0 aliphatic heterocycles. The first-order valence-electron chi connectivity index (χ1n) is 4.54. The number of carbonyl (C=O) groups is 2. The number of amides is 2. The van der Waals surface area contributed by atoms with E-state index in [2.05, 4.69) is 5.32 Å². The zero-order chi connectivity index (χ0) is 12.3. The lowest BCUT2D eigenvalue weighted by Gasteiger charge is -2.07. The average molecular weight is 225 g/mol. The summed E-state index contributed by atoms with van der Waals surface area (Å²) in [6.45, 7) is 1.16. The average Bonchev–Trinajstić information content (AvgIpc) is 2.19. The molecule has 0 saturated carbocycles. The van der Waals surface area contributed by atoms with Gasteiger partial charge in [-0.25, -0.2) is 4.39 Å². The maximum absolute atomic E-state index is 13.5. The Kier molecular flexibility index (Phi) is 3.44. The molecule has 0 aliphatic rings. The monoisotopic (exact) mass is 225 g/mol. The molecular formula is C10H12FN3O2. The van der Waals surface area contributed by atoms with E-state index in [-0.39, 0.29) is 23.4 Å². The number of nitrogens with two attached hydrogens (primary N) is 2. The molecule has 0 fully saturated rings. The van der Waals surface area contributed by atoms with Crippen molar-refractivity contribution in [1.82, 2.24) is 5.32 Å². The van der Waals surface area contributed by atoms with Gasteiger partial charge in [0.1, 0.15) is 5.82 Å². The molecule has 0 radical (unpaired) electrons. The third-order valence-electron chi connectivity index (χ3n) is 1.94. The molecule has 1 aromatic rings. The van der Waals surface area contributed by atoms with Gasteiger partial charge in [-0.2, -0.15) is 0 Å². The maximum atomic E-state index is 13.5. The van der Waals surface area contributed by atoms with Gasteiger partial charge in [0, 0.05) is 5.69 Å². The highest BCUT2D eigenvalue weighted by atomic mass is 19.1.